The summed E-state index contributed by atoms with van der Waals surface area (Å²) in [4.78, 5) is 0. The van der Waals surface area contributed by atoms with Gasteiger partial charge in [0.05, 0.1) is 0 Å². The van der Waals surface area contributed by atoms with Gasteiger partial charge in [0.25, 0.3) is 0 Å². The molecule has 0 saturated carbocycles. The van der Waals surface area contributed by atoms with Crippen molar-refractivity contribution in [1.29, 1.82) is 0 Å². The Morgan fingerprint density at radius 3 is 1.29 bits per heavy atom. The Kier molecular flexibility index (Phi) is 7.16. The first-order chi connectivity index (χ1) is 2.56. The predicted octanol–water partition coefficient (Wildman–Crippen LogP) is 1.64. The van der Waals surface area contributed by atoms with Crippen LogP contribution in [0.5, 0.6) is 0 Å². The summed E-state index contributed by atoms with van der Waals surface area (Å²) >= 11 is 0. The molecule has 0 spiro atoms. The van der Waals surface area contributed by atoms with Gasteiger partial charge in [-0.25, -0.2) is 0 Å². The molecule has 0 aliphatic carbocycles. The van der Waals surface area contributed by atoms with E-state index in [1.165, 1.54) is 6.16 Å². The first-order valence-electron chi connectivity index (χ1n) is 2.56. The molecule has 0 unspecified atom stereocenters. The fourth-order valence-corrected chi connectivity index (χ4v) is 0. The maximum atomic E-state index is 2.38. The van der Waals surface area contributed by atoms with E-state index in [1.807, 2.05) is 0 Å². The van der Waals surface area contributed by atoms with Crippen molar-refractivity contribution < 1.29 is 32.7 Å². The zero-order valence-corrected chi connectivity index (χ0v) is 9.62. The molecule has 0 aromatic carbocycles. The van der Waals surface area contributed by atoms with Crippen LogP contribution in [-0.2, 0) is 32.7 Å². The van der Waals surface area contributed by atoms with Crippen LogP contribution < -0.4 is 0 Å². The van der Waals surface area contributed by atoms with Crippen LogP contribution in [0.15, 0.2) is 0 Å². The van der Waals surface area contributed by atoms with Gasteiger partial charge in [0.15, 0.2) is 0 Å². The smallest absolute Gasteiger partial charge is 0 e. The van der Waals surface area contributed by atoms with Crippen molar-refractivity contribution in [3.8, 4) is 0 Å². The Morgan fingerprint density at radius 2 is 1.29 bits per heavy atom. The van der Waals surface area contributed by atoms with Crippen molar-refractivity contribution >= 4 is 7.26 Å². The zero-order chi connectivity index (χ0) is 5.21. The van der Waals surface area contributed by atoms with Crippen LogP contribution in [0.2, 0.25) is 0 Å². The van der Waals surface area contributed by atoms with Crippen molar-refractivity contribution in [2.24, 2.45) is 0 Å². The van der Waals surface area contributed by atoms with E-state index in [9.17, 15) is 0 Å². The van der Waals surface area contributed by atoms with E-state index < -0.39 is 7.26 Å². The van der Waals surface area contributed by atoms with E-state index in [1.54, 1.807) is 0 Å². The van der Waals surface area contributed by atoms with Gasteiger partial charge < -0.3 is 0 Å². The largest absolute Gasteiger partial charge is 0 e. The quantitative estimate of drug-likeness (QED) is 0.558. The molecule has 0 nitrogen and oxygen atoms in total. The molecule has 1 radical (unpaired) electrons. The van der Waals surface area contributed by atoms with Crippen LogP contribution >= 0.6 is 7.26 Å². The minimum Gasteiger partial charge on any atom is 0 e. The first kappa shape index (κ1) is 11.3. The number of hydrogen-bond acceptors (Lipinski definition) is 0. The maximum absolute atomic E-state index is 2.38. The van der Waals surface area contributed by atoms with E-state index in [0.29, 0.717) is 0 Å². The van der Waals surface area contributed by atoms with Crippen molar-refractivity contribution in [2.45, 2.75) is 6.92 Å². The monoisotopic (exact) mass is 195 g/mol. The molecule has 0 atom stereocenters. The standard InChI is InChI=1S/C5H15P.Y/c1-5-6(2,3)4;/h6H,5H2,1-4H3;. The Labute approximate surface area is 72.7 Å². The van der Waals surface area contributed by atoms with Crippen molar-refractivity contribution in [3.05, 3.63) is 0 Å². The molecule has 43 valence electrons. The second-order valence-electron chi connectivity index (χ2n) is 2.91. The van der Waals surface area contributed by atoms with Crippen LogP contribution in [0.25, 0.3) is 0 Å². The van der Waals surface area contributed by atoms with Gasteiger partial charge >= 0.3 is 40.3 Å². The van der Waals surface area contributed by atoms with Gasteiger partial charge in [-0.3, -0.25) is 0 Å². The summed E-state index contributed by atoms with van der Waals surface area (Å²) in [5, 5.41) is 0. The van der Waals surface area contributed by atoms with Crippen molar-refractivity contribution in [3.63, 3.8) is 0 Å². The molecule has 0 aliphatic heterocycles. The normalized spacial score (nSPS) is 12.6. The third kappa shape index (κ3) is 11.2. The second kappa shape index (κ2) is 4.42. The van der Waals surface area contributed by atoms with Crippen LogP contribution in [0, 0.1) is 0 Å². The molecule has 0 saturated heterocycles. The molecule has 0 aromatic heterocycles. The van der Waals surface area contributed by atoms with Crippen LogP contribution in [0.3, 0.4) is 0 Å². The average Bonchev–Trinajstić information content (AvgIpc) is 1.35. The SMILES string of the molecule is CC[PH](C)(C)C.[Y]. The summed E-state index contributed by atoms with van der Waals surface area (Å²) in [6.45, 7) is 9.42. The minimum atomic E-state index is -0.631. The summed E-state index contributed by atoms with van der Waals surface area (Å²) in [7, 11) is -0.631. The van der Waals surface area contributed by atoms with Crippen molar-refractivity contribution in [2.75, 3.05) is 26.2 Å². The van der Waals surface area contributed by atoms with Crippen LogP contribution in [0.1, 0.15) is 6.92 Å². The summed E-state index contributed by atoms with van der Waals surface area (Å²) in [6, 6.07) is 0. The Hall–Kier alpha value is 1.53. The first-order valence-corrected chi connectivity index (χ1v) is 6.27. The third-order valence-corrected chi connectivity index (χ3v) is 3.18. The molecule has 0 aliphatic rings. The van der Waals surface area contributed by atoms with E-state index in [0.717, 1.165) is 0 Å². The Bertz CT molecular complexity index is 37.8. The topological polar surface area (TPSA) is 0 Å². The fraction of sp³-hybridized carbons (Fsp3) is 1.00. The molecule has 0 bridgehead atoms. The predicted molar refractivity (Wildman–Crippen MR) is 36.6 cm³/mol. The maximum Gasteiger partial charge on any atom is 0 e. The van der Waals surface area contributed by atoms with E-state index >= 15 is 0 Å². The van der Waals surface area contributed by atoms with E-state index in [-0.39, 0.29) is 32.7 Å². The number of hydrogen-bond donors (Lipinski definition) is 0. The van der Waals surface area contributed by atoms with Crippen LogP contribution in [-0.4, -0.2) is 26.2 Å². The molecule has 0 heterocycles. The molecular weight excluding hydrogens is 180 g/mol. The van der Waals surface area contributed by atoms with Gasteiger partial charge in [0, 0.05) is 32.7 Å². The molecule has 0 aromatic rings. The fourth-order valence-electron chi connectivity index (χ4n) is 0. The summed E-state index contributed by atoms with van der Waals surface area (Å²) < 4.78 is 0. The third-order valence-electron chi connectivity index (χ3n) is 1.06. The van der Waals surface area contributed by atoms with Gasteiger partial charge in [-0.2, -0.15) is 0 Å². The Balaban J connectivity index is 0. The molecule has 0 N–H and O–H groups in total. The Morgan fingerprint density at radius 1 is 1.14 bits per heavy atom. The van der Waals surface area contributed by atoms with E-state index in [2.05, 4.69) is 26.9 Å². The molecule has 0 amide bonds. The zero-order valence-electron chi connectivity index (χ0n) is 5.78. The van der Waals surface area contributed by atoms with Gasteiger partial charge in [-0.15, -0.1) is 0 Å². The van der Waals surface area contributed by atoms with E-state index in [4.69, 9.17) is 0 Å². The summed E-state index contributed by atoms with van der Waals surface area (Å²) in [6.07, 6.45) is 1.41. The molecule has 0 rings (SSSR count). The van der Waals surface area contributed by atoms with Gasteiger partial charge in [0.1, 0.15) is 0 Å². The molecule has 7 heavy (non-hydrogen) atoms. The second-order valence-corrected chi connectivity index (χ2v) is 8.74. The molecule has 2 heteroatoms. The van der Waals surface area contributed by atoms with Crippen molar-refractivity contribution in [1.82, 2.24) is 0 Å². The van der Waals surface area contributed by atoms with Gasteiger partial charge in [-0.1, -0.05) is 0 Å². The van der Waals surface area contributed by atoms with Gasteiger partial charge in [0.2, 0.25) is 0 Å². The summed E-state index contributed by atoms with van der Waals surface area (Å²) in [5.74, 6) is 0. The minimum absolute atomic E-state index is 0. The average molecular weight is 195 g/mol. The number of rotatable bonds is 1. The van der Waals surface area contributed by atoms with Crippen LogP contribution in [0.4, 0.5) is 0 Å². The molecular formula is C5H15PY. The van der Waals surface area contributed by atoms with Gasteiger partial charge in [-0.05, 0) is 0 Å². The molecule has 0 fully saturated rings. The summed E-state index contributed by atoms with van der Waals surface area (Å²) in [5.41, 5.74) is 0.